The summed E-state index contributed by atoms with van der Waals surface area (Å²) in [7, 11) is -5.74. The summed E-state index contributed by atoms with van der Waals surface area (Å²) in [5.74, 6) is -0.173. The van der Waals surface area contributed by atoms with E-state index in [2.05, 4.69) is 14.7 Å². The Bertz CT molecular complexity index is 1160. The van der Waals surface area contributed by atoms with Gasteiger partial charge in [0, 0.05) is 31.0 Å². The summed E-state index contributed by atoms with van der Waals surface area (Å²) in [4.78, 5) is 8.68. The fourth-order valence-electron chi connectivity index (χ4n) is 5.44. The van der Waals surface area contributed by atoms with E-state index in [0.29, 0.717) is 21.6 Å². The zero-order chi connectivity index (χ0) is 24.5. The minimum atomic E-state index is -5.74. The van der Waals surface area contributed by atoms with Crippen LogP contribution in [0.3, 0.4) is 0 Å². The van der Waals surface area contributed by atoms with Crippen molar-refractivity contribution in [1.29, 1.82) is 0 Å². The number of halogens is 6. The molecule has 3 aliphatic carbocycles. The Morgan fingerprint density at radius 1 is 1.15 bits per heavy atom. The minimum Gasteiger partial charge on any atom is -0.406 e. The Balaban J connectivity index is 1.62. The van der Waals surface area contributed by atoms with E-state index in [-0.39, 0.29) is 17.5 Å². The van der Waals surface area contributed by atoms with Gasteiger partial charge in [-0.2, -0.15) is 17.5 Å². The molecule has 34 heavy (non-hydrogen) atoms. The van der Waals surface area contributed by atoms with Gasteiger partial charge in [-0.15, -0.1) is 13.2 Å². The van der Waals surface area contributed by atoms with E-state index in [1.807, 2.05) is 0 Å². The quantitative estimate of drug-likeness (QED) is 0.612. The third-order valence-electron chi connectivity index (χ3n) is 7.01. The van der Waals surface area contributed by atoms with Crippen molar-refractivity contribution in [2.75, 3.05) is 11.4 Å². The summed E-state index contributed by atoms with van der Waals surface area (Å²) < 4.78 is 108. The Kier molecular flexibility index (Phi) is 5.14. The molecular formula is C20H20F6N4O3S. The largest absolute Gasteiger partial charge is 0.573 e. The third-order valence-corrected chi connectivity index (χ3v) is 8.56. The van der Waals surface area contributed by atoms with Crippen LogP contribution < -0.4 is 9.64 Å². The van der Waals surface area contributed by atoms with Crippen molar-refractivity contribution < 1.29 is 39.5 Å². The Morgan fingerprint density at radius 3 is 2.38 bits per heavy atom. The molecule has 3 fully saturated rings. The predicted octanol–water partition coefficient (Wildman–Crippen LogP) is 4.15. The average molecular weight is 510 g/mol. The van der Waals surface area contributed by atoms with Gasteiger partial charge in [-0.05, 0) is 54.4 Å². The number of benzene rings is 1. The first-order valence-electron chi connectivity index (χ1n) is 10.5. The van der Waals surface area contributed by atoms with Crippen LogP contribution in [0.5, 0.6) is 5.75 Å². The van der Waals surface area contributed by atoms with Gasteiger partial charge >= 0.3 is 21.9 Å². The molecular weight excluding hydrogens is 490 g/mol. The number of hydrogen-bond acceptors (Lipinski definition) is 5. The summed E-state index contributed by atoms with van der Waals surface area (Å²) >= 11 is 0. The molecule has 1 atom stereocenters. The monoisotopic (exact) mass is 510 g/mol. The maximum atomic E-state index is 13.5. The van der Waals surface area contributed by atoms with Crippen molar-refractivity contribution in [3.05, 3.63) is 42.0 Å². The number of hydrogen-bond donors (Lipinski definition) is 1. The predicted molar refractivity (Wildman–Crippen MR) is 107 cm³/mol. The number of sulfonamides is 1. The lowest BCUT2D eigenvalue weighted by molar-refractivity contribution is -0.274. The molecule has 7 nitrogen and oxygen atoms in total. The number of ether oxygens (including phenoxy) is 1. The van der Waals surface area contributed by atoms with Gasteiger partial charge < -0.3 is 14.6 Å². The lowest BCUT2D eigenvalue weighted by Gasteiger charge is -2.67. The van der Waals surface area contributed by atoms with Crippen molar-refractivity contribution in [3.8, 4) is 5.75 Å². The normalized spacial score (nSPS) is 27.4. The van der Waals surface area contributed by atoms with E-state index < -0.39 is 46.8 Å². The maximum Gasteiger partial charge on any atom is 0.573 e. The van der Waals surface area contributed by atoms with Gasteiger partial charge in [0.15, 0.2) is 0 Å². The number of alkyl halides is 6. The SMILES string of the molecule is O=S(=O)(N1Cc2cc(OC(F)(F)F)ccc2N(Cc2cnc[nH]2)[C@@H](C23CC(C2)C3)C1)C(F)(F)F. The molecule has 14 heteroatoms. The first-order valence-corrected chi connectivity index (χ1v) is 11.9. The van der Waals surface area contributed by atoms with Crippen molar-refractivity contribution in [1.82, 2.24) is 14.3 Å². The molecule has 0 saturated heterocycles. The van der Waals surface area contributed by atoms with Crippen LogP contribution >= 0.6 is 0 Å². The van der Waals surface area contributed by atoms with Crippen LogP contribution in [-0.4, -0.2) is 47.1 Å². The van der Waals surface area contributed by atoms with E-state index >= 15 is 0 Å². The molecule has 1 N–H and O–H groups in total. The van der Waals surface area contributed by atoms with Crippen LogP contribution in [0.25, 0.3) is 0 Å². The van der Waals surface area contributed by atoms with E-state index in [1.165, 1.54) is 18.6 Å². The Morgan fingerprint density at radius 2 is 1.85 bits per heavy atom. The first kappa shape index (κ1) is 23.3. The van der Waals surface area contributed by atoms with Crippen LogP contribution in [-0.2, 0) is 23.1 Å². The summed E-state index contributed by atoms with van der Waals surface area (Å²) in [6.45, 7) is -1.00. The summed E-state index contributed by atoms with van der Waals surface area (Å²) in [5, 5.41) is 0. The zero-order valence-corrected chi connectivity index (χ0v) is 18.3. The summed E-state index contributed by atoms with van der Waals surface area (Å²) in [5.41, 5.74) is -4.92. The van der Waals surface area contributed by atoms with Crippen LogP contribution in [0.2, 0.25) is 0 Å². The first-order chi connectivity index (χ1) is 15.8. The maximum absolute atomic E-state index is 13.5. The number of imidazole rings is 1. The van der Waals surface area contributed by atoms with E-state index in [9.17, 15) is 34.8 Å². The molecule has 6 rings (SSSR count). The molecule has 0 unspecified atom stereocenters. The Labute approximate surface area is 190 Å². The highest BCUT2D eigenvalue weighted by molar-refractivity contribution is 7.89. The van der Waals surface area contributed by atoms with Crippen molar-refractivity contribution in [2.45, 2.75) is 50.3 Å². The van der Waals surface area contributed by atoms with Crippen molar-refractivity contribution in [3.63, 3.8) is 0 Å². The smallest absolute Gasteiger partial charge is 0.406 e. The number of aromatic amines is 1. The van der Waals surface area contributed by atoms with Gasteiger partial charge in [-0.25, -0.2) is 13.4 Å². The Hall–Kier alpha value is -2.48. The summed E-state index contributed by atoms with van der Waals surface area (Å²) in [6.07, 6.45) is 0.255. The zero-order valence-electron chi connectivity index (χ0n) is 17.5. The molecule has 0 spiro atoms. The highest BCUT2D eigenvalue weighted by Crippen LogP contribution is 2.67. The second-order valence-corrected chi connectivity index (χ2v) is 11.1. The summed E-state index contributed by atoms with van der Waals surface area (Å²) in [6, 6.07) is 2.77. The second-order valence-electron chi connectivity index (χ2n) is 9.14. The number of anilines is 1. The van der Waals surface area contributed by atoms with E-state index in [0.717, 1.165) is 31.4 Å². The lowest BCUT2D eigenvalue weighted by atomic mass is 9.41. The van der Waals surface area contributed by atoms with Gasteiger partial charge in [0.2, 0.25) is 0 Å². The molecule has 4 aliphatic rings. The molecule has 1 aromatic carbocycles. The molecule has 186 valence electrons. The molecule has 2 aromatic rings. The van der Waals surface area contributed by atoms with Crippen molar-refractivity contribution in [2.24, 2.45) is 11.3 Å². The molecule has 1 aromatic heterocycles. The minimum absolute atomic E-state index is 0.0109. The molecule has 0 amide bonds. The van der Waals surface area contributed by atoms with Gasteiger partial charge in [0.05, 0.1) is 18.6 Å². The molecule has 3 saturated carbocycles. The number of aromatic nitrogens is 2. The van der Waals surface area contributed by atoms with Crippen molar-refractivity contribution >= 4 is 15.7 Å². The molecule has 2 bridgehead atoms. The second kappa shape index (κ2) is 7.51. The average Bonchev–Trinajstić information content (AvgIpc) is 3.08. The van der Waals surface area contributed by atoms with Crippen LogP contribution in [0.4, 0.5) is 32.0 Å². The van der Waals surface area contributed by atoms with Crippen LogP contribution in [0, 0.1) is 11.3 Å². The highest BCUT2D eigenvalue weighted by Gasteiger charge is 2.63. The van der Waals surface area contributed by atoms with Gasteiger partial charge in [-0.3, -0.25) is 0 Å². The number of nitrogens with zero attached hydrogens (tertiary/aromatic N) is 3. The van der Waals surface area contributed by atoms with Crippen LogP contribution in [0.15, 0.2) is 30.7 Å². The molecule has 0 radical (unpaired) electrons. The molecule has 1 aliphatic heterocycles. The van der Waals surface area contributed by atoms with Gasteiger partial charge in [-0.1, -0.05) is 0 Å². The lowest BCUT2D eigenvalue weighted by Crippen LogP contribution is -2.66. The number of rotatable bonds is 5. The third kappa shape index (κ3) is 3.89. The van der Waals surface area contributed by atoms with E-state index in [1.54, 1.807) is 4.90 Å². The van der Waals surface area contributed by atoms with Gasteiger partial charge in [0.25, 0.3) is 0 Å². The number of H-pyrrole nitrogens is 1. The fraction of sp³-hybridized carbons (Fsp3) is 0.550. The number of fused-ring (bicyclic) bond motifs is 1. The van der Waals surface area contributed by atoms with E-state index in [4.69, 9.17) is 0 Å². The van der Waals surface area contributed by atoms with Gasteiger partial charge in [0.1, 0.15) is 5.75 Å². The topological polar surface area (TPSA) is 78.5 Å². The highest BCUT2D eigenvalue weighted by atomic mass is 32.2. The standard InChI is InChI=1S/C20H20F6N4O3S/c21-19(22,23)33-15-1-2-16-13(3-15)8-29(34(31,32)20(24,25)26)10-17(18-4-12(5-18)6-18)30(16)9-14-7-27-11-28-14/h1-3,7,11-12,17H,4-6,8-10H2,(H,27,28)/t12?,17-,18?/m1/s1. The fourth-order valence-corrected chi connectivity index (χ4v) is 6.38. The van der Waals surface area contributed by atoms with Crippen LogP contribution in [0.1, 0.15) is 30.5 Å². The molecule has 2 heterocycles. The number of nitrogens with one attached hydrogen (secondary N) is 1.